The third-order valence-electron chi connectivity index (χ3n) is 5.72. The molecule has 0 unspecified atom stereocenters. The van der Waals surface area contributed by atoms with Gasteiger partial charge < -0.3 is 20.9 Å². The lowest BCUT2D eigenvalue weighted by Crippen LogP contribution is -2.46. The van der Waals surface area contributed by atoms with Gasteiger partial charge in [-0.3, -0.25) is 4.79 Å². The summed E-state index contributed by atoms with van der Waals surface area (Å²) in [5, 5.41) is 3.06. The number of nitrogens with one attached hydrogen (secondary N) is 1. The summed E-state index contributed by atoms with van der Waals surface area (Å²) in [5.41, 5.74) is 6.82. The van der Waals surface area contributed by atoms with Crippen LogP contribution in [0.2, 0.25) is 0 Å². The highest BCUT2D eigenvalue weighted by atomic mass is 35.5. The maximum absolute atomic E-state index is 12.4. The Morgan fingerprint density at radius 2 is 1.89 bits per heavy atom. The largest absolute Gasteiger partial charge is 0.354 e. The predicted molar refractivity (Wildman–Crippen MR) is 122 cm³/mol. The van der Waals surface area contributed by atoms with Crippen molar-refractivity contribution in [1.29, 1.82) is 0 Å². The second kappa shape index (κ2) is 13.4. The average molecular weight is 455 g/mol. The van der Waals surface area contributed by atoms with Gasteiger partial charge in [-0.15, -0.1) is 37.2 Å². The van der Waals surface area contributed by atoms with Crippen molar-refractivity contribution >= 4 is 48.9 Å². The van der Waals surface area contributed by atoms with Gasteiger partial charge in [0.1, 0.15) is 5.82 Å². The molecule has 9 heteroatoms. The van der Waals surface area contributed by atoms with Crippen LogP contribution in [-0.2, 0) is 11.3 Å². The molecule has 2 aliphatic rings. The Balaban J connectivity index is 0.00000243. The first-order chi connectivity index (χ1) is 12.2. The summed E-state index contributed by atoms with van der Waals surface area (Å²) in [7, 11) is 0. The van der Waals surface area contributed by atoms with Crippen LogP contribution in [0.25, 0.3) is 0 Å². The summed E-state index contributed by atoms with van der Waals surface area (Å²) in [6.07, 6.45) is 5.04. The molecule has 1 aromatic heterocycles. The van der Waals surface area contributed by atoms with E-state index >= 15 is 0 Å². The van der Waals surface area contributed by atoms with Gasteiger partial charge in [-0.25, -0.2) is 4.98 Å². The predicted octanol–water partition coefficient (Wildman–Crippen LogP) is 2.48. The van der Waals surface area contributed by atoms with Gasteiger partial charge in [-0.1, -0.05) is 19.4 Å². The highest BCUT2D eigenvalue weighted by molar-refractivity contribution is 5.86. The molecule has 3 rings (SSSR count). The molecule has 6 nitrogen and oxygen atoms in total. The molecule has 1 aliphatic carbocycles. The normalized spacial score (nSPS) is 21.9. The van der Waals surface area contributed by atoms with Crippen molar-refractivity contribution in [2.75, 3.05) is 44.2 Å². The number of aromatic nitrogens is 1. The fourth-order valence-electron chi connectivity index (χ4n) is 3.99. The number of piperazine rings is 1. The minimum Gasteiger partial charge on any atom is -0.354 e. The number of hydrogen-bond acceptors (Lipinski definition) is 5. The van der Waals surface area contributed by atoms with Crippen molar-refractivity contribution in [2.24, 2.45) is 17.6 Å². The average Bonchev–Trinajstić information content (AvgIpc) is 3.15. The van der Waals surface area contributed by atoms with E-state index in [0.29, 0.717) is 19.0 Å². The Morgan fingerprint density at radius 1 is 1.18 bits per heavy atom. The van der Waals surface area contributed by atoms with Crippen LogP contribution in [0.15, 0.2) is 18.3 Å². The molecule has 28 heavy (non-hydrogen) atoms. The number of pyridine rings is 1. The van der Waals surface area contributed by atoms with Crippen LogP contribution in [-0.4, -0.2) is 55.1 Å². The highest BCUT2D eigenvalue weighted by Crippen LogP contribution is 2.31. The number of carbonyl (C=O) groups excluding carboxylic acids is 1. The number of likely N-dealkylation sites (N-methyl/N-ethyl adjacent to an activating group) is 1. The summed E-state index contributed by atoms with van der Waals surface area (Å²) in [6, 6.07) is 4.14. The van der Waals surface area contributed by atoms with E-state index in [2.05, 4.69) is 39.2 Å². The SMILES string of the molecule is CCN1CCN(c2ccc(CNC(=O)[C@@H]3CCC[C@@H]3CN)cn2)CC1.Cl.Cl.Cl. The minimum atomic E-state index is 0. The molecule has 1 saturated carbocycles. The molecule has 2 heterocycles. The topological polar surface area (TPSA) is 74.5 Å². The van der Waals surface area contributed by atoms with Crippen molar-refractivity contribution in [3.05, 3.63) is 23.9 Å². The molecular weight excluding hydrogens is 421 g/mol. The van der Waals surface area contributed by atoms with Gasteiger partial charge >= 0.3 is 0 Å². The molecule has 1 saturated heterocycles. The summed E-state index contributed by atoms with van der Waals surface area (Å²) in [4.78, 5) is 21.7. The molecule has 0 aromatic carbocycles. The van der Waals surface area contributed by atoms with Crippen LogP contribution in [0.5, 0.6) is 0 Å². The maximum atomic E-state index is 12.4. The minimum absolute atomic E-state index is 0. The first-order valence-corrected chi connectivity index (χ1v) is 9.61. The lowest BCUT2D eigenvalue weighted by atomic mass is 9.95. The molecule has 0 spiro atoms. The van der Waals surface area contributed by atoms with E-state index in [0.717, 1.165) is 63.4 Å². The number of nitrogens with zero attached hydrogens (tertiary/aromatic N) is 3. The van der Waals surface area contributed by atoms with E-state index in [-0.39, 0.29) is 49.0 Å². The monoisotopic (exact) mass is 453 g/mol. The van der Waals surface area contributed by atoms with Gasteiger partial charge in [0.05, 0.1) is 0 Å². The van der Waals surface area contributed by atoms with Crippen LogP contribution in [0.1, 0.15) is 31.7 Å². The lowest BCUT2D eigenvalue weighted by Gasteiger charge is -2.34. The summed E-state index contributed by atoms with van der Waals surface area (Å²) >= 11 is 0. The summed E-state index contributed by atoms with van der Waals surface area (Å²) in [6.45, 7) is 8.73. The Kier molecular flexibility index (Phi) is 13.1. The van der Waals surface area contributed by atoms with Gasteiger partial charge in [0.2, 0.25) is 5.91 Å². The van der Waals surface area contributed by atoms with Crippen LogP contribution in [0, 0.1) is 11.8 Å². The van der Waals surface area contributed by atoms with Crippen LogP contribution in [0.4, 0.5) is 5.82 Å². The Morgan fingerprint density at radius 3 is 2.46 bits per heavy atom. The maximum Gasteiger partial charge on any atom is 0.223 e. The summed E-state index contributed by atoms with van der Waals surface area (Å²) < 4.78 is 0. The van der Waals surface area contributed by atoms with Crippen LogP contribution < -0.4 is 16.0 Å². The zero-order valence-corrected chi connectivity index (χ0v) is 19.0. The number of anilines is 1. The zero-order chi connectivity index (χ0) is 17.6. The quantitative estimate of drug-likeness (QED) is 0.691. The van der Waals surface area contributed by atoms with Crippen LogP contribution in [0.3, 0.4) is 0 Å². The summed E-state index contributed by atoms with van der Waals surface area (Å²) in [5.74, 6) is 1.62. The molecule has 1 aliphatic heterocycles. The second-order valence-corrected chi connectivity index (χ2v) is 7.20. The molecule has 2 atom stereocenters. The number of nitrogens with two attached hydrogens (primary N) is 1. The zero-order valence-electron chi connectivity index (χ0n) is 16.5. The molecule has 1 amide bonds. The fraction of sp³-hybridized carbons (Fsp3) is 0.684. The van der Waals surface area contributed by atoms with Crippen LogP contribution >= 0.6 is 37.2 Å². The Bertz CT molecular complexity index is 567. The van der Waals surface area contributed by atoms with Crippen molar-refractivity contribution in [3.8, 4) is 0 Å². The number of carbonyl (C=O) groups is 1. The molecule has 2 fully saturated rings. The van der Waals surface area contributed by atoms with Gasteiger partial charge in [-0.05, 0) is 43.5 Å². The Hall–Kier alpha value is -0.790. The van der Waals surface area contributed by atoms with E-state index < -0.39 is 0 Å². The van der Waals surface area contributed by atoms with Gasteiger partial charge in [-0.2, -0.15) is 0 Å². The number of amides is 1. The third kappa shape index (κ3) is 6.92. The van der Waals surface area contributed by atoms with Crippen molar-refractivity contribution < 1.29 is 4.79 Å². The second-order valence-electron chi connectivity index (χ2n) is 7.20. The first kappa shape index (κ1) is 27.2. The molecule has 0 radical (unpaired) electrons. The molecule has 162 valence electrons. The number of halogens is 3. The van der Waals surface area contributed by atoms with E-state index in [1.54, 1.807) is 0 Å². The fourth-order valence-corrected chi connectivity index (χ4v) is 3.99. The third-order valence-corrected chi connectivity index (χ3v) is 5.72. The Labute approximate surface area is 187 Å². The van der Waals surface area contributed by atoms with E-state index in [4.69, 9.17) is 5.73 Å². The lowest BCUT2D eigenvalue weighted by molar-refractivity contribution is -0.126. The molecule has 1 aromatic rings. The van der Waals surface area contributed by atoms with Crippen molar-refractivity contribution in [3.63, 3.8) is 0 Å². The first-order valence-electron chi connectivity index (χ1n) is 9.61. The van der Waals surface area contributed by atoms with E-state index in [9.17, 15) is 4.79 Å². The molecule has 3 N–H and O–H groups in total. The van der Waals surface area contributed by atoms with Gasteiger partial charge in [0, 0.05) is 44.8 Å². The van der Waals surface area contributed by atoms with Crippen molar-refractivity contribution in [1.82, 2.24) is 15.2 Å². The van der Waals surface area contributed by atoms with Crippen molar-refractivity contribution in [2.45, 2.75) is 32.7 Å². The highest BCUT2D eigenvalue weighted by Gasteiger charge is 2.31. The standard InChI is InChI=1S/C19H31N5O.3ClH/c1-2-23-8-10-24(11-9-23)18-7-6-15(13-21-18)14-22-19(25)17-5-3-4-16(17)12-20;;;/h6-7,13,16-17H,2-5,8-12,14,20H2,1H3,(H,22,25);3*1H/t16-,17-;;;/m1.../s1. The molecular formula is C19H34Cl3N5O. The smallest absolute Gasteiger partial charge is 0.223 e. The van der Waals surface area contributed by atoms with E-state index in [1.165, 1.54) is 0 Å². The number of rotatable bonds is 6. The van der Waals surface area contributed by atoms with Gasteiger partial charge in [0.25, 0.3) is 0 Å². The molecule has 0 bridgehead atoms. The van der Waals surface area contributed by atoms with E-state index in [1.807, 2.05) is 6.20 Å². The van der Waals surface area contributed by atoms with Gasteiger partial charge in [0.15, 0.2) is 0 Å². The number of hydrogen-bond donors (Lipinski definition) is 2.